The summed E-state index contributed by atoms with van der Waals surface area (Å²) < 4.78 is 0. The van der Waals surface area contributed by atoms with Gasteiger partial charge in [-0.1, -0.05) is 6.92 Å². The van der Waals surface area contributed by atoms with Crippen molar-refractivity contribution in [3.05, 3.63) is 28.6 Å². The van der Waals surface area contributed by atoms with Crippen molar-refractivity contribution in [3.8, 4) is 0 Å². The van der Waals surface area contributed by atoms with Gasteiger partial charge in [-0.05, 0) is 25.3 Å². The van der Waals surface area contributed by atoms with E-state index in [1.54, 1.807) is 4.90 Å². The van der Waals surface area contributed by atoms with Crippen molar-refractivity contribution < 1.29 is 9.72 Å². The monoisotopic (exact) mass is 264 g/mol. The molecule has 1 saturated carbocycles. The van der Waals surface area contributed by atoms with E-state index in [1.165, 1.54) is 12.3 Å². The van der Waals surface area contributed by atoms with Gasteiger partial charge < -0.3 is 10.2 Å². The molecule has 0 unspecified atom stereocenters. The Kier molecular flexibility index (Phi) is 3.94. The van der Waals surface area contributed by atoms with Gasteiger partial charge in [-0.2, -0.15) is 0 Å². The Balaban J connectivity index is 2.11. The molecule has 1 aliphatic rings. The number of hydrogen-bond acceptors (Lipinski definition) is 4. The fourth-order valence-corrected chi connectivity index (χ4v) is 1.90. The van der Waals surface area contributed by atoms with Crippen LogP contribution in [-0.2, 0) is 0 Å². The van der Waals surface area contributed by atoms with Gasteiger partial charge in [0.1, 0.15) is 11.9 Å². The van der Waals surface area contributed by atoms with E-state index in [1.807, 2.05) is 6.92 Å². The fraction of sp³-hybridized carbons (Fsp3) is 0.500. The maximum atomic E-state index is 12.1. The molecule has 0 aromatic carbocycles. The zero-order valence-electron chi connectivity index (χ0n) is 10.7. The molecule has 0 aliphatic heterocycles. The average molecular weight is 264 g/mol. The van der Waals surface area contributed by atoms with E-state index >= 15 is 0 Å². The molecule has 0 radical (unpaired) electrons. The van der Waals surface area contributed by atoms with Crippen molar-refractivity contribution in [2.75, 3.05) is 11.9 Å². The minimum Gasteiger partial charge on any atom is -0.322 e. The minimum atomic E-state index is -0.552. The molecular weight excluding hydrogens is 248 g/mol. The number of hydrogen-bond donors (Lipinski definition) is 1. The number of carbonyl (C=O) groups excluding carboxylic acids is 1. The SMILES string of the molecule is CCCN(C(=O)Nc1ccncc1[N+](=O)[O-])C1CC1. The van der Waals surface area contributed by atoms with Gasteiger partial charge in [0.2, 0.25) is 0 Å². The predicted molar refractivity (Wildman–Crippen MR) is 69.9 cm³/mol. The van der Waals surface area contributed by atoms with Crippen LogP contribution in [0.1, 0.15) is 26.2 Å². The second-order valence-corrected chi connectivity index (χ2v) is 4.50. The summed E-state index contributed by atoms with van der Waals surface area (Å²) >= 11 is 0. The van der Waals surface area contributed by atoms with Crippen molar-refractivity contribution in [3.63, 3.8) is 0 Å². The molecule has 102 valence electrons. The van der Waals surface area contributed by atoms with E-state index in [9.17, 15) is 14.9 Å². The van der Waals surface area contributed by atoms with Gasteiger partial charge >= 0.3 is 11.7 Å². The van der Waals surface area contributed by atoms with Crippen LogP contribution < -0.4 is 5.32 Å². The number of urea groups is 1. The maximum Gasteiger partial charge on any atom is 0.322 e. The lowest BCUT2D eigenvalue weighted by Crippen LogP contribution is -2.37. The highest BCUT2D eigenvalue weighted by Gasteiger charge is 2.32. The molecule has 1 aromatic rings. The van der Waals surface area contributed by atoms with Crippen molar-refractivity contribution in [2.45, 2.75) is 32.2 Å². The Hall–Kier alpha value is -2.18. The molecule has 1 aliphatic carbocycles. The molecule has 1 fully saturated rings. The quantitative estimate of drug-likeness (QED) is 0.653. The Morgan fingerprint density at radius 1 is 1.63 bits per heavy atom. The zero-order valence-corrected chi connectivity index (χ0v) is 10.7. The highest BCUT2D eigenvalue weighted by molar-refractivity contribution is 5.92. The van der Waals surface area contributed by atoms with Gasteiger partial charge in [0.25, 0.3) is 0 Å². The second kappa shape index (κ2) is 5.64. The summed E-state index contributed by atoms with van der Waals surface area (Å²) in [5, 5.41) is 13.4. The van der Waals surface area contributed by atoms with E-state index in [4.69, 9.17) is 0 Å². The summed E-state index contributed by atoms with van der Waals surface area (Å²) in [6, 6.07) is 1.44. The lowest BCUT2D eigenvalue weighted by atomic mass is 10.3. The van der Waals surface area contributed by atoms with Crippen LogP contribution in [0.25, 0.3) is 0 Å². The molecule has 1 heterocycles. The number of pyridine rings is 1. The molecule has 1 N–H and O–H groups in total. The first-order valence-electron chi connectivity index (χ1n) is 6.29. The third kappa shape index (κ3) is 3.18. The van der Waals surface area contributed by atoms with Crippen molar-refractivity contribution in [1.82, 2.24) is 9.88 Å². The number of carbonyl (C=O) groups is 1. The topological polar surface area (TPSA) is 88.4 Å². The Morgan fingerprint density at radius 2 is 2.37 bits per heavy atom. The van der Waals surface area contributed by atoms with E-state index in [2.05, 4.69) is 10.3 Å². The highest BCUT2D eigenvalue weighted by Crippen LogP contribution is 2.29. The van der Waals surface area contributed by atoms with Gasteiger partial charge in [0.15, 0.2) is 0 Å². The lowest BCUT2D eigenvalue weighted by Gasteiger charge is -2.21. The number of nitro groups is 1. The number of aromatic nitrogens is 1. The largest absolute Gasteiger partial charge is 0.322 e. The van der Waals surface area contributed by atoms with Crippen LogP contribution in [0.2, 0.25) is 0 Å². The van der Waals surface area contributed by atoms with Crippen molar-refractivity contribution >= 4 is 17.4 Å². The van der Waals surface area contributed by atoms with Crippen LogP contribution in [0, 0.1) is 10.1 Å². The molecule has 19 heavy (non-hydrogen) atoms. The fourth-order valence-electron chi connectivity index (χ4n) is 1.90. The summed E-state index contributed by atoms with van der Waals surface area (Å²) in [6.07, 6.45) is 5.43. The van der Waals surface area contributed by atoms with Crippen LogP contribution in [0.3, 0.4) is 0 Å². The van der Waals surface area contributed by atoms with Crippen LogP contribution >= 0.6 is 0 Å². The number of amides is 2. The summed E-state index contributed by atoms with van der Waals surface area (Å²) in [5.41, 5.74) is -0.00477. The lowest BCUT2D eigenvalue weighted by molar-refractivity contribution is -0.384. The number of nitrogens with zero attached hydrogens (tertiary/aromatic N) is 3. The Morgan fingerprint density at radius 3 is 2.95 bits per heavy atom. The van der Waals surface area contributed by atoms with Gasteiger partial charge in [-0.15, -0.1) is 0 Å². The van der Waals surface area contributed by atoms with E-state index in [0.717, 1.165) is 25.5 Å². The van der Waals surface area contributed by atoms with Crippen LogP contribution in [0.15, 0.2) is 18.5 Å². The zero-order chi connectivity index (χ0) is 13.8. The average Bonchev–Trinajstić information content (AvgIpc) is 3.20. The first-order valence-corrected chi connectivity index (χ1v) is 6.29. The van der Waals surface area contributed by atoms with Crippen LogP contribution in [-0.4, -0.2) is 33.4 Å². The molecular formula is C12H16N4O3. The molecule has 0 saturated heterocycles. The smallest absolute Gasteiger partial charge is 0.322 e. The molecule has 1 aromatic heterocycles. The van der Waals surface area contributed by atoms with Gasteiger partial charge in [-0.3, -0.25) is 15.1 Å². The van der Waals surface area contributed by atoms with E-state index in [0.29, 0.717) is 6.54 Å². The van der Waals surface area contributed by atoms with Crippen molar-refractivity contribution in [2.24, 2.45) is 0 Å². The second-order valence-electron chi connectivity index (χ2n) is 4.50. The first-order chi connectivity index (χ1) is 9.13. The van der Waals surface area contributed by atoms with E-state index in [-0.39, 0.29) is 23.4 Å². The third-order valence-corrected chi connectivity index (χ3v) is 2.95. The summed E-state index contributed by atoms with van der Waals surface area (Å²) in [6.45, 7) is 2.66. The van der Waals surface area contributed by atoms with Crippen LogP contribution in [0.5, 0.6) is 0 Å². The van der Waals surface area contributed by atoms with Crippen molar-refractivity contribution in [1.29, 1.82) is 0 Å². The number of nitrogens with one attached hydrogen (secondary N) is 1. The van der Waals surface area contributed by atoms with Crippen LogP contribution in [0.4, 0.5) is 16.2 Å². The molecule has 0 spiro atoms. The predicted octanol–water partition coefficient (Wildman–Crippen LogP) is 2.40. The summed E-state index contributed by atoms with van der Waals surface area (Å²) in [5.74, 6) is 0. The third-order valence-electron chi connectivity index (χ3n) is 2.95. The minimum absolute atomic E-state index is 0.187. The molecule has 2 rings (SSSR count). The maximum absolute atomic E-state index is 12.1. The normalized spacial score (nSPS) is 13.9. The molecule has 7 heteroatoms. The van der Waals surface area contributed by atoms with E-state index < -0.39 is 4.92 Å². The Bertz CT molecular complexity index is 488. The molecule has 2 amide bonds. The molecule has 0 bridgehead atoms. The Labute approximate surface area is 110 Å². The molecule has 0 atom stereocenters. The molecule has 7 nitrogen and oxygen atoms in total. The number of anilines is 1. The summed E-state index contributed by atoms with van der Waals surface area (Å²) in [4.78, 5) is 27.9. The van der Waals surface area contributed by atoms with Gasteiger partial charge in [-0.25, -0.2) is 4.79 Å². The first kappa shape index (κ1) is 13.3. The standard InChI is InChI=1S/C12H16N4O3/c1-2-7-15(9-3-4-9)12(17)14-10-5-6-13-8-11(10)16(18)19/h5-6,8-9H,2-4,7H2,1H3,(H,13,14,17). The van der Waals surface area contributed by atoms with Gasteiger partial charge in [0, 0.05) is 18.8 Å². The van der Waals surface area contributed by atoms with Gasteiger partial charge in [0.05, 0.1) is 4.92 Å². The summed E-state index contributed by atoms with van der Waals surface area (Å²) in [7, 11) is 0. The highest BCUT2D eigenvalue weighted by atomic mass is 16.6. The number of rotatable bonds is 5.